The molecule has 3 atom stereocenters. The van der Waals surface area contributed by atoms with Crippen LogP contribution >= 0.6 is 15.9 Å². The highest BCUT2D eigenvalue weighted by Gasteiger charge is 2.91. The standard InChI is InChI=1S/C32H23BrO5/c1-2-37-29(35)32-27(25-19-24(33)17-18-26(25)38-30(32)36)31(32,23-11-7-4-8-12-23)28(34)22-15-13-21(14-16-22)20-9-5-3-6-10-20/h3-19,27H,2H2,1H3/t27-,31+,32+/m1/s1. The van der Waals surface area contributed by atoms with Crippen LogP contribution in [0.1, 0.15) is 34.3 Å². The molecule has 1 fully saturated rings. The zero-order valence-electron chi connectivity index (χ0n) is 20.5. The number of esters is 2. The van der Waals surface area contributed by atoms with E-state index >= 15 is 0 Å². The van der Waals surface area contributed by atoms with Gasteiger partial charge in [-0.1, -0.05) is 101 Å². The van der Waals surface area contributed by atoms with E-state index < -0.39 is 28.7 Å². The monoisotopic (exact) mass is 566 g/mol. The van der Waals surface area contributed by atoms with Gasteiger partial charge in [0.2, 0.25) is 0 Å². The van der Waals surface area contributed by atoms with Gasteiger partial charge in [-0.2, -0.15) is 0 Å². The van der Waals surface area contributed by atoms with Crippen LogP contribution in [-0.4, -0.2) is 24.3 Å². The van der Waals surface area contributed by atoms with Crippen LogP contribution in [0.25, 0.3) is 11.1 Å². The van der Waals surface area contributed by atoms with Crippen molar-refractivity contribution >= 4 is 33.7 Å². The second-order valence-electron chi connectivity index (χ2n) is 9.48. The second-order valence-corrected chi connectivity index (χ2v) is 10.4. The molecule has 6 heteroatoms. The molecule has 5 nitrogen and oxygen atoms in total. The molecule has 0 aromatic heterocycles. The average Bonchev–Trinajstić information content (AvgIpc) is 3.62. The molecule has 188 valence electrons. The zero-order valence-corrected chi connectivity index (χ0v) is 22.1. The van der Waals surface area contributed by atoms with E-state index in [1.807, 2.05) is 54.6 Å². The maximum atomic E-state index is 14.7. The van der Waals surface area contributed by atoms with Crippen molar-refractivity contribution in [2.24, 2.45) is 5.41 Å². The summed E-state index contributed by atoms with van der Waals surface area (Å²) in [6.07, 6.45) is 0. The van der Waals surface area contributed by atoms with Crippen LogP contribution in [-0.2, 0) is 19.7 Å². The van der Waals surface area contributed by atoms with E-state index in [0.717, 1.165) is 15.6 Å². The third-order valence-electron chi connectivity index (χ3n) is 7.65. The molecule has 4 aromatic rings. The third kappa shape index (κ3) is 3.26. The van der Waals surface area contributed by atoms with E-state index in [0.29, 0.717) is 22.4 Å². The molecule has 0 saturated heterocycles. The van der Waals surface area contributed by atoms with Crippen molar-refractivity contribution in [1.29, 1.82) is 0 Å². The molecule has 38 heavy (non-hydrogen) atoms. The fraction of sp³-hybridized carbons (Fsp3) is 0.156. The second kappa shape index (κ2) is 9.07. The molecule has 4 aromatic carbocycles. The molecule has 0 spiro atoms. The lowest BCUT2D eigenvalue weighted by Crippen LogP contribution is -2.42. The molecule has 1 aliphatic heterocycles. The minimum Gasteiger partial charge on any atom is -0.465 e. The van der Waals surface area contributed by atoms with E-state index in [1.54, 1.807) is 55.5 Å². The first kappa shape index (κ1) is 24.3. The van der Waals surface area contributed by atoms with E-state index in [9.17, 15) is 14.4 Å². The first-order valence-corrected chi connectivity index (χ1v) is 13.2. The van der Waals surface area contributed by atoms with Crippen LogP contribution in [0.4, 0.5) is 0 Å². The molecule has 0 radical (unpaired) electrons. The molecule has 6 rings (SSSR count). The van der Waals surface area contributed by atoms with Gasteiger partial charge in [-0.05, 0) is 41.8 Å². The van der Waals surface area contributed by atoms with Crippen molar-refractivity contribution in [3.05, 3.63) is 124 Å². The van der Waals surface area contributed by atoms with Crippen LogP contribution in [0, 0.1) is 5.41 Å². The Morgan fingerprint density at radius 3 is 2.13 bits per heavy atom. The first-order chi connectivity index (χ1) is 18.5. The van der Waals surface area contributed by atoms with E-state index in [2.05, 4.69) is 15.9 Å². The molecule has 1 saturated carbocycles. The van der Waals surface area contributed by atoms with Gasteiger partial charge < -0.3 is 9.47 Å². The number of rotatable bonds is 6. The highest BCUT2D eigenvalue weighted by molar-refractivity contribution is 9.10. The van der Waals surface area contributed by atoms with Crippen LogP contribution < -0.4 is 4.74 Å². The van der Waals surface area contributed by atoms with E-state index in [4.69, 9.17) is 9.47 Å². The average molecular weight is 567 g/mol. The number of hydrogen-bond acceptors (Lipinski definition) is 5. The third-order valence-corrected chi connectivity index (χ3v) is 8.14. The molecule has 1 heterocycles. The number of carbonyl (C=O) groups excluding carboxylic acids is 3. The highest BCUT2D eigenvalue weighted by atomic mass is 79.9. The highest BCUT2D eigenvalue weighted by Crippen LogP contribution is 2.79. The lowest BCUT2D eigenvalue weighted by molar-refractivity contribution is -0.161. The maximum Gasteiger partial charge on any atom is 0.331 e. The first-order valence-electron chi connectivity index (χ1n) is 12.4. The minimum atomic E-state index is -1.84. The van der Waals surface area contributed by atoms with Crippen LogP contribution in [0.5, 0.6) is 5.75 Å². The number of halogens is 1. The Balaban J connectivity index is 1.57. The fourth-order valence-corrected chi connectivity index (χ4v) is 6.43. The molecule has 0 amide bonds. The van der Waals surface area contributed by atoms with Gasteiger partial charge in [0.1, 0.15) is 5.75 Å². The largest absolute Gasteiger partial charge is 0.465 e. The summed E-state index contributed by atoms with van der Waals surface area (Å²) in [4.78, 5) is 42.2. The number of benzene rings is 4. The van der Waals surface area contributed by atoms with Crippen molar-refractivity contribution in [2.75, 3.05) is 6.61 Å². The molecule has 1 aliphatic carbocycles. The van der Waals surface area contributed by atoms with Crippen molar-refractivity contribution in [1.82, 2.24) is 0 Å². The predicted molar refractivity (Wildman–Crippen MR) is 146 cm³/mol. The SMILES string of the molecule is CCOC(=O)[C@]12C(=O)Oc3ccc(Br)cc3[C@@H]1[C@]2(C(=O)c1ccc(-c2ccccc2)cc1)c1ccccc1. The van der Waals surface area contributed by atoms with Crippen molar-refractivity contribution in [3.63, 3.8) is 0 Å². The number of ketones is 1. The summed E-state index contributed by atoms with van der Waals surface area (Å²) >= 11 is 3.50. The smallest absolute Gasteiger partial charge is 0.331 e. The molecular weight excluding hydrogens is 544 g/mol. The Morgan fingerprint density at radius 1 is 0.842 bits per heavy atom. The normalized spacial score (nSPS) is 23.0. The summed E-state index contributed by atoms with van der Waals surface area (Å²) in [7, 11) is 0. The molecule has 0 bridgehead atoms. The summed E-state index contributed by atoms with van der Waals surface area (Å²) in [5.41, 5.74) is 0.194. The minimum absolute atomic E-state index is 0.0662. The topological polar surface area (TPSA) is 69.7 Å². The number of carbonyl (C=O) groups is 3. The number of Topliss-reactive ketones (excluding diaryl/α,β-unsaturated/α-hetero) is 1. The van der Waals surface area contributed by atoms with Gasteiger partial charge in [-0.25, -0.2) is 0 Å². The van der Waals surface area contributed by atoms with Gasteiger partial charge in [0.15, 0.2) is 11.2 Å². The number of hydrogen-bond donors (Lipinski definition) is 0. The van der Waals surface area contributed by atoms with Crippen LogP contribution in [0.3, 0.4) is 0 Å². The summed E-state index contributed by atoms with van der Waals surface area (Å²) < 4.78 is 12.0. The van der Waals surface area contributed by atoms with E-state index in [1.165, 1.54) is 0 Å². The van der Waals surface area contributed by atoms with Gasteiger partial charge in [0, 0.05) is 21.5 Å². The Hall–Kier alpha value is -4.03. The molecule has 0 N–H and O–H groups in total. The van der Waals surface area contributed by atoms with Gasteiger partial charge in [-0.15, -0.1) is 0 Å². The van der Waals surface area contributed by atoms with Crippen LogP contribution in [0.2, 0.25) is 0 Å². The quantitative estimate of drug-likeness (QED) is 0.115. The number of ether oxygens (including phenoxy) is 2. The number of fused-ring (bicyclic) bond motifs is 3. The molecule has 2 aliphatic rings. The van der Waals surface area contributed by atoms with Gasteiger partial charge in [0.05, 0.1) is 12.0 Å². The Kier molecular flexibility index (Phi) is 5.80. The summed E-state index contributed by atoms with van der Waals surface area (Å²) in [5, 5.41) is 0. The lowest BCUT2D eigenvalue weighted by Gasteiger charge is -2.23. The summed E-state index contributed by atoms with van der Waals surface area (Å²) in [5.74, 6) is -2.29. The Morgan fingerprint density at radius 2 is 1.47 bits per heavy atom. The van der Waals surface area contributed by atoms with Gasteiger partial charge in [-0.3, -0.25) is 14.4 Å². The van der Waals surface area contributed by atoms with Crippen molar-refractivity contribution in [3.8, 4) is 16.9 Å². The van der Waals surface area contributed by atoms with Gasteiger partial charge >= 0.3 is 11.9 Å². The Labute approximate surface area is 228 Å². The van der Waals surface area contributed by atoms with Crippen LogP contribution in [0.15, 0.2) is 108 Å². The van der Waals surface area contributed by atoms with Crippen molar-refractivity contribution < 1.29 is 23.9 Å². The predicted octanol–water partition coefficient (Wildman–Crippen LogP) is 6.50. The molecule has 0 unspecified atom stereocenters. The maximum absolute atomic E-state index is 14.7. The fourth-order valence-electron chi connectivity index (χ4n) is 6.05. The summed E-state index contributed by atoms with van der Waals surface area (Å²) in [6, 6.07) is 31.4. The Bertz CT molecular complexity index is 1560. The van der Waals surface area contributed by atoms with E-state index in [-0.39, 0.29) is 12.4 Å². The van der Waals surface area contributed by atoms with Crippen molar-refractivity contribution in [2.45, 2.75) is 18.3 Å². The zero-order chi connectivity index (χ0) is 26.5. The van der Waals surface area contributed by atoms with Gasteiger partial charge in [0.25, 0.3) is 0 Å². The summed E-state index contributed by atoms with van der Waals surface area (Å²) in [6.45, 7) is 1.75. The molecular formula is C32H23BrO5. The lowest BCUT2D eigenvalue weighted by atomic mass is 9.79.